The smallest absolute Gasteiger partial charge is 0.328 e. The Bertz CT molecular complexity index is 742. The van der Waals surface area contributed by atoms with E-state index < -0.39 is 12.0 Å². The van der Waals surface area contributed by atoms with Crippen molar-refractivity contribution >= 4 is 35.0 Å². The molecule has 2 rings (SSSR count). The molecule has 0 aliphatic carbocycles. The average molecular weight is 367 g/mol. The van der Waals surface area contributed by atoms with E-state index in [1.165, 1.54) is 25.3 Å². The molecule has 1 atom stereocenters. The van der Waals surface area contributed by atoms with E-state index in [0.29, 0.717) is 17.9 Å². The lowest BCUT2D eigenvalue weighted by Crippen LogP contribution is -2.32. The SMILES string of the molecule is COC(=O)[C@H](CC(C)C)Nc1nc(Cl)cc(Nc2cccc(F)c2)n1. The zero-order chi connectivity index (χ0) is 18.4. The summed E-state index contributed by atoms with van der Waals surface area (Å²) in [6.45, 7) is 3.99. The van der Waals surface area contributed by atoms with E-state index >= 15 is 0 Å². The van der Waals surface area contributed by atoms with Gasteiger partial charge in [0.05, 0.1) is 7.11 Å². The highest BCUT2D eigenvalue weighted by Crippen LogP contribution is 2.21. The standard InChI is InChI=1S/C17H20ClFN4O2/c1-10(2)7-13(16(24)25-3)21-17-22-14(18)9-15(23-17)20-12-6-4-5-11(19)8-12/h4-6,8-10,13H,7H2,1-3H3,(H2,20,21,22,23)/t13-/m0/s1. The van der Waals surface area contributed by atoms with Crippen molar-refractivity contribution < 1.29 is 13.9 Å². The van der Waals surface area contributed by atoms with Crippen LogP contribution in [0.5, 0.6) is 0 Å². The van der Waals surface area contributed by atoms with Gasteiger partial charge >= 0.3 is 5.97 Å². The van der Waals surface area contributed by atoms with Crippen LogP contribution in [0.1, 0.15) is 20.3 Å². The number of aromatic nitrogens is 2. The van der Waals surface area contributed by atoms with Gasteiger partial charge in [-0.15, -0.1) is 0 Å². The summed E-state index contributed by atoms with van der Waals surface area (Å²) in [7, 11) is 1.33. The topological polar surface area (TPSA) is 76.1 Å². The first kappa shape index (κ1) is 18.9. The van der Waals surface area contributed by atoms with Gasteiger partial charge in [0.2, 0.25) is 5.95 Å². The Morgan fingerprint density at radius 1 is 1.32 bits per heavy atom. The van der Waals surface area contributed by atoms with Crippen molar-refractivity contribution in [3.63, 3.8) is 0 Å². The van der Waals surface area contributed by atoms with E-state index in [9.17, 15) is 9.18 Å². The summed E-state index contributed by atoms with van der Waals surface area (Å²) < 4.78 is 18.1. The van der Waals surface area contributed by atoms with Crippen LogP contribution < -0.4 is 10.6 Å². The number of halogens is 2. The molecule has 0 amide bonds. The molecule has 0 bridgehead atoms. The van der Waals surface area contributed by atoms with Crippen LogP contribution in [0, 0.1) is 11.7 Å². The molecule has 0 spiro atoms. The highest BCUT2D eigenvalue weighted by Gasteiger charge is 2.21. The lowest BCUT2D eigenvalue weighted by molar-refractivity contribution is -0.141. The molecule has 1 aromatic heterocycles. The highest BCUT2D eigenvalue weighted by atomic mass is 35.5. The average Bonchev–Trinajstić information content (AvgIpc) is 2.52. The third-order valence-electron chi connectivity index (χ3n) is 3.29. The molecule has 2 aromatic rings. The summed E-state index contributed by atoms with van der Waals surface area (Å²) in [6.07, 6.45) is 0.551. The number of carbonyl (C=O) groups excluding carboxylic acids is 1. The Balaban J connectivity index is 2.20. The predicted molar refractivity (Wildman–Crippen MR) is 95.6 cm³/mol. The summed E-state index contributed by atoms with van der Waals surface area (Å²) in [4.78, 5) is 20.3. The van der Waals surface area contributed by atoms with Crippen molar-refractivity contribution in [2.75, 3.05) is 17.7 Å². The third kappa shape index (κ3) is 5.86. The first-order valence-corrected chi connectivity index (χ1v) is 8.16. The summed E-state index contributed by atoms with van der Waals surface area (Å²) in [5.74, 6) is 0.0486. The lowest BCUT2D eigenvalue weighted by Gasteiger charge is -2.18. The van der Waals surface area contributed by atoms with Gasteiger partial charge in [-0.05, 0) is 30.5 Å². The number of rotatable bonds is 7. The maximum atomic E-state index is 13.3. The molecule has 0 fully saturated rings. The van der Waals surface area contributed by atoms with Gasteiger partial charge in [-0.1, -0.05) is 31.5 Å². The van der Waals surface area contributed by atoms with Crippen molar-refractivity contribution in [3.05, 3.63) is 41.3 Å². The van der Waals surface area contributed by atoms with Gasteiger partial charge in [0.1, 0.15) is 22.8 Å². The van der Waals surface area contributed by atoms with E-state index in [0.717, 1.165) is 0 Å². The Hall–Kier alpha value is -2.41. The minimum Gasteiger partial charge on any atom is -0.467 e. The number of benzene rings is 1. The fourth-order valence-corrected chi connectivity index (χ4v) is 2.43. The minimum atomic E-state index is -0.592. The molecule has 0 aliphatic heterocycles. The number of esters is 1. The molecule has 0 saturated carbocycles. The van der Waals surface area contributed by atoms with E-state index in [4.69, 9.17) is 16.3 Å². The van der Waals surface area contributed by atoms with E-state index in [1.807, 2.05) is 13.8 Å². The zero-order valence-corrected chi connectivity index (χ0v) is 15.0. The molecule has 0 saturated heterocycles. The molecular formula is C17H20ClFN4O2. The number of nitrogens with zero attached hydrogens (tertiary/aromatic N) is 2. The van der Waals surface area contributed by atoms with Crippen molar-refractivity contribution in [1.29, 1.82) is 0 Å². The number of ether oxygens (including phenoxy) is 1. The maximum absolute atomic E-state index is 13.3. The largest absolute Gasteiger partial charge is 0.467 e. The molecule has 134 valence electrons. The number of methoxy groups -OCH3 is 1. The van der Waals surface area contributed by atoms with Crippen LogP contribution in [0.4, 0.5) is 21.8 Å². The quantitative estimate of drug-likeness (QED) is 0.569. The highest BCUT2D eigenvalue weighted by molar-refractivity contribution is 6.29. The van der Waals surface area contributed by atoms with Gasteiger partial charge in [-0.3, -0.25) is 0 Å². The first-order valence-electron chi connectivity index (χ1n) is 7.79. The first-order chi connectivity index (χ1) is 11.9. The second kappa shape index (κ2) is 8.62. The van der Waals surface area contributed by atoms with Crippen LogP contribution in [0.25, 0.3) is 0 Å². The van der Waals surface area contributed by atoms with Gasteiger partial charge in [-0.2, -0.15) is 4.98 Å². The fourth-order valence-electron chi connectivity index (χ4n) is 2.24. The van der Waals surface area contributed by atoms with Gasteiger partial charge in [-0.25, -0.2) is 14.2 Å². The maximum Gasteiger partial charge on any atom is 0.328 e. The van der Waals surface area contributed by atoms with Gasteiger partial charge in [0.15, 0.2) is 0 Å². The van der Waals surface area contributed by atoms with E-state index in [2.05, 4.69) is 20.6 Å². The minimum absolute atomic E-state index is 0.183. The molecular weight excluding hydrogens is 347 g/mol. The second-order valence-electron chi connectivity index (χ2n) is 5.88. The van der Waals surface area contributed by atoms with Crippen molar-refractivity contribution in [3.8, 4) is 0 Å². The van der Waals surface area contributed by atoms with Crippen molar-refractivity contribution in [2.24, 2.45) is 5.92 Å². The Morgan fingerprint density at radius 2 is 2.08 bits per heavy atom. The summed E-state index contributed by atoms with van der Waals surface area (Å²) in [5, 5.41) is 6.08. The van der Waals surface area contributed by atoms with Crippen LogP contribution in [0.2, 0.25) is 5.15 Å². The number of anilines is 3. The lowest BCUT2D eigenvalue weighted by atomic mass is 10.0. The fraction of sp³-hybridized carbons (Fsp3) is 0.353. The van der Waals surface area contributed by atoms with Gasteiger partial charge in [0, 0.05) is 11.8 Å². The molecule has 6 nitrogen and oxygen atoms in total. The summed E-state index contributed by atoms with van der Waals surface area (Å²) in [5.41, 5.74) is 0.521. The van der Waals surface area contributed by atoms with Crippen LogP contribution in [0.3, 0.4) is 0 Å². The van der Waals surface area contributed by atoms with Crippen molar-refractivity contribution in [2.45, 2.75) is 26.3 Å². The third-order valence-corrected chi connectivity index (χ3v) is 3.48. The monoisotopic (exact) mass is 366 g/mol. The summed E-state index contributed by atoms with van der Waals surface area (Å²) in [6, 6.07) is 6.87. The Labute approximate surface area is 150 Å². The van der Waals surface area contributed by atoms with Crippen LogP contribution in [-0.2, 0) is 9.53 Å². The number of carbonyl (C=O) groups is 1. The molecule has 0 radical (unpaired) electrons. The Kier molecular flexibility index (Phi) is 6.52. The molecule has 1 aromatic carbocycles. The number of hydrogen-bond donors (Lipinski definition) is 2. The van der Waals surface area contributed by atoms with Gasteiger partial charge in [0.25, 0.3) is 0 Å². The summed E-state index contributed by atoms with van der Waals surface area (Å²) >= 11 is 6.03. The van der Waals surface area contributed by atoms with E-state index in [-0.39, 0.29) is 22.8 Å². The normalized spacial score (nSPS) is 11.9. The van der Waals surface area contributed by atoms with Gasteiger partial charge < -0.3 is 15.4 Å². The molecule has 0 aliphatic rings. The van der Waals surface area contributed by atoms with Crippen LogP contribution in [0.15, 0.2) is 30.3 Å². The van der Waals surface area contributed by atoms with Crippen LogP contribution in [-0.4, -0.2) is 29.1 Å². The zero-order valence-electron chi connectivity index (χ0n) is 14.2. The van der Waals surface area contributed by atoms with Crippen molar-refractivity contribution in [1.82, 2.24) is 9.97 Å². The molecule has 25 heavy (non-hydrogen) atoms. The Morgan fingerprint density at radius 3 is 2.72 bits per heavy atom. The number of nitrogens with one attached hydrogen (secondary N) is 2. The van der Waals surface area contributed by atoms with Crippen LogP contribution >= 0.6 is 11.6 Å². The molecule has 8 heteroatoms. The van der Waals surface area contributed by atoms with E-state index in [1.54, 1.807) is 12.1 Å². The molecule has 2 N–H and O–H groups in total. The predicted octanol–water partition coefficient (Wildman–Crippen LogP) is 4.01. The second-order valence-corrected chi connectivity index (χ2v) is 6.27. The number of hydrogen-bond acceptors (Lipinski definition) is 6. The molecule has 0 unspecified atom stereocenters. The molecule has 1 heterocycles.